The summed E-state index contributed by atoms with van der Waals surface area (Å²) in [7, 11) is 0. The van der Waals surface area contributed by atoms with Crippen LogP contribution in [0.1, 0.15) is 33.1 Å². The minimum atomic E-state index is -0.824. The highest BCUT2D eigenvalue weighted by Gasteiger charge is 2.30. The Balaban J connectivity index is 2.62. The van der Waals surface area contributed by atoms with Gasteiger partial charge < -0.3 is 10.0 Å². The topological polar surface area (TPSA) is 60.9 Å². The second-order valence-corrected chi connectivity index (χ2v) is 5.19. The molecule has 0 bridgehead atoms. The molecule has 0 aromatic rings. The third-order valence-electron chi connectivity index (χ3n) is 3.43. The zero-order chi connectivity index (χ0) is 14.4. The number of hydrogen-bond acceptors (Lipinski definition) is 3. The van der Waals surface area contributed by atoms with Crippen molar-refractivity contribution in [3.63, 3.8) is 0 Å². The zero-order valence-electron chi connectivity index (χ0n) is 11.9. The van der Waals surface area contributed by atoms with Gasteiger partial charge in [-0.25, -0.2) is 0 Å². The Hall–Kier alpha value is -1.36. The van der Waals surface area contributed by atoms with Crippen LogP contribution < -0.4 is 0 Å². The normalized spacial score (nSPS) is 20.0. The molecule has 0 spiro atoms. The molecule has 0 radical (unpaired) electrons. The molecule has 0 aromatic heterocycles. The summed E-state index contributed by atoms with van der Waals surface area (Å²) in [6, 6.07) is -0.513. The van der Waals surface area contributed by atoms with Crippen molar-refractivity contribution in [1.29, 1.82) is 0 Å². The van der Waals surface area contributed by atoms with E-state index in [1.807, 2.05) is 13.8 Å². The molecule has 1 atom stereocenters. The van der Waals surface area contributed by atoms with Gasteiger partial charge >= 0.3 is 5.97 Å². The van der Waals surface area contributed by atoms with Gasteiger partial charge in [0.15, 0.2) is 0 Å². The summed E-state index contributed by atoms with van der Waals surface area (Å²) in [5, 5.41) is 9.18. The van der Waals surface area contributed by atoms with Crippen molar-refractivity contribution in [3.8, 4) is 0 Å². The molecule has 0 saturated carbocycles. The molecular weight excluding hydrogens is 244 g/mol. The van der Waals surface area contributed by atoms with Crippen LogP contribution in [-0.2, 0) is 9.59 Å². The largest absolute Gasteiger partial charge is 0.480 e. The first-order chi connectivity index (χ1) is 8.95. The fraction of sp³-hybridized carbons (Fsp3) is 0.714. The number of aliphatic carboxylic acids is 1. The summed E-state index contributed by atoms with van der Waals surface area (Å²) in [4.78, 5) is 26.9. The van der Waals surface area contributed by atoms with Gasteiger partial charge in [0.25, 0.3) is 0 Å². The molecule has 1 unspecified atom stereocenters. The number of nitrogens with zero attached hydrogens (tertiary/aromatic N) is 2. The van der Waals surface area contributed by atoms with Gasteiger partial charge in [-0.2, -0.15) is 0 Å². The summed E-state index contributed by atoms with van der Waals surface area (Å²) in [5.74, 6) is -0.839. The highest BCUT2D eigenvalue weighted by Crippen LogP contribution is 2.17. The van der Waals surface area contributed by atoms with E-state index in [0.717, 1.165) is 18.4 Å². The maximum Gasteiger partial charge on any atom is 0.320 e. The average molecular weight is 268 g/mol. The summed E-state index contributed by atoms with van der Waals surface area (Å²) in [6.07, 6.45) is 2.52. The van der Waals surface area contributed by atoms with E-state index in [9.17, 15) is 14.7 Å². The number of carbonyl (C=O) groups is 2. The molecular formula is C14H24N2O3. The SMILES string of the molecule is C=C(C)CN(CC)C(=O)CN1CCCCC1C(=O)O. The van der Waals surface area contributed by atoms with Crippen molar-refractivity contribution in [1.82, 2.24) is 9.80 Å². The minimum absolute atomic E-state index is 0.0151. The van der Waals surface area contributed by atoms with E-state index in [4.69, 9.17) is 0 Å². The van der Waals surface area contributed by atoms with E-state index in [2.05, 4.69) is 6.58 Å². The second-order valence-electron chi connectivity index (χ2n) is 5.19. The number of likely N-dealkylation sites (tertiary alicyclic amines) is 1. The number of carbonyl (C=O) groups excluding carboxylic acids is 1. The number of carboxylic acids is 1. The molecule has 1 N–H and O–H groups in total. The van der Waals surface area contributed by atoms with Crippen LogP contribution in [0.4, 0.5) is 0 Å². The summed E-state index contributed by atoms with van der Waals surface area (Å²) in [5.41, 5.74) is 0.934. The first-order valence-electron chi connectivity index (χ1n) is 6.84. The van der Waals surface area contributed by atoms with Gasteiger partial charge in [-0.15, -0.1) is 0 Å². The predicted octanol–water partition coefficient (Wildman–Crippen LogP) is 1.35. The Labute approximate surface area is 114 Å². The second kappa shape index (κ2) is 7.28. The van der Waals surface area contributed by atoms with Crippen molar-refractivity contribution < 1.29 is 14.7 Å². The molecule has 19 heavy (non-hydrogen) atoms. The molecule has 1 heterocycles. The van der Waals surface area contributed by atoms with Crippen LogP contribution in [0.25, 0.3) is 0 Å². The van der Waals surface area contributed by atoms with Gasteiger partial charge in [0, 0.05) is 13.1 Å². The first-order valence-corrected chi connectivity index (χ1v) is 6.84. The Morgan fingerprint density at radius 3 is 2.63 bits per heavy atom. The van der Waals surface area contributed by atoms with Crippen LogP contribution in [0.3, 0.4) is 0 Å². The number of carboxylic acid groups (broad SMARTS) is 1. The van der Waals surface area contributed by atoms with E-state index < -0.39 is 12.0 Å². The first kappa shape index (κ1) is 15.7. The lowest BCUT2D eigenvalue weighted by Crippen LogP contribution is -2.50. The molecule has 1 rings (SSSR count). The summed E-state index contributed by atoms with van der Waals surface area (Å²) in [6.45, 7) is 9.67. The number of amides is 1. The van der Waals surface area contributed by atoms with Crippen LogP contribution in [0, 0.1) is 0 Å². The van der Waals surface area contributed by atoms with Crippen molar-refractivity contribution in [3.05, 3.63) is 12.2 Å². The lowest BCUT2D eigenvalue weighted by molar-refractivity contribution is -0.146. The van der Waals surface area contributed by atoms with Gasteiger partial charge in [0.1, 0.15) is 6.04 Å². The highest BCUT2D eigenvalue weighted by atomic mass is 16.4. The maximum atomic E-state index is 12.2. The molecule has 0 aromatic carbocycles. The molecule has 5 nitrogen and oxygen atoms in total. The summed E-state index contributed by atoms with van der Waals surface area (Å²) < 4.78 is 0. The van der Waals surface area contributed by atoms with Crippen molar-refractivity contribution in [2.75, 3.05) is 26.2 Å². The van der Waals surface area contributed by atoms with Gasteiger partial charge in [-0.05, 0) is 33.2 Å². The zero-order valence-corrected chi connectivity index (χ0v) is 11.9. The van der Waals surface area contributed by atoms with E-state index in [0.29, 0.717) is 26.1 Å². The van der Waals surface area contributed by atoms with Crippen molar-refractivity contribution >= 4 is 11.9 Å². The van der Waals surface area contributed by atoms with Crippen molar-refractivity contribution in [2.24, 2.45) is 0 Å². The van der Waals surface area contributed by atoms with Crippen molar-refractivity contribution in [2.45, 2.75) is 39.2 Å². The predicted molar refractivity (Wildman–Crippen MR) is 73.9 cm³/mol. The fourth-order valence-corrected chi connectivity index (χ4v) is 2.44. The Morgan fingerprint density at radius 1 is 1.42 bits per heavy atom. The molecule has 0 aliphatic carbocycles. The maximum absolute atomic E-state index is 12.2. The van der Waals surface area contributed by atoms with Crippen LogP contribution in [0.5, 0.6) is 0 Å². The number of rotatable bonds is 6. The van der Waals surface area contributed by atoms with E-state index >= 15 is 0 Å². The lowest BCUT2D eigenvalue weighted by Gasteiger charge is -2.34. The lowest BCUT2D eigenvalue weighted by atomic mass is 10.0. The van der Waals surface area contributed by atoms with Crippen LogP contribution in [-0.4, -0.2) is 59.0 Å². The molecule has 1 saturated heterocycles. The third-order valence-corrected chi connectivity index (χ3v) is 3.43. The highest BCUT2D eigenvalue weighted by molar-refractivity contribution is 5.80. The van der Waals surface area contributed by atoms with Gasteiger partial charge in [0.2, 0.25) is 5.91 Å². The van der Waals surface area contributed by atoms with Crippen LogP contribution in [0.2, 0.25) is 0 Å². The van der Waals surface area contributed by atoms with Crippen LogP contribution in [0.15, 0.2) is 12.2 Å². The smallest absolute Gasteiger partial charge is 0.320 e. The number of hydrogen-bond donors (Lipinski definition) is 1. The molecule has 1 aliphatic heterocycles. The van der Waals surface area contributed by atoms with Gasteiger partial charge in [-0.1, -0.05) is 18.6 Å². The fourth-order valence-electron chi connectivity index (χ4n) is 2.44. The average Bonchev–Trinajstić information content (AvgIpc) is 2.35. The monoisotopic (exact) mass is 268 g/mol. The minimum Gasteiger partial charge on any atom is -0.480 e. The van der Waals surface area contributed by atoms with Crippen LogP contribution >= 0.6 is 0 Å². The van der Waals surface area contributed by atoms with E-state index in [-0.39, 0.29) is 12.5 Å². The molecule has 108 valence electrons. The standard InChI is InChI=1S/C14H24N2O3/c1-4-15(9-11(2)3)13(17)10-16-8-6-5-7-12(16)14(18)19/h12H,2,4-10H2,1,3H3,(H,18,19). The summed E-state index contributed by atoms with van der Waals surface area (Å²) >= 11 is 0. The van der Waals surface area contributed by atoms with E-state index in [1.54, 1.807) is 9.80 Å². The van der Waals surface area contributed by atoms with Gasteiger partial charge in [0.05, 0.1) is 6.54 Å². The Kier molecular flexibility index (Phi) is 6.02. The molecule has 1 amide bonds. The Bertz CT molecular complexity index is 355. The third kappa shape index (κ3) is 4.67. The quantitative estimate of drug-likeness (QED) is 0.739. The number of likely N-dealkylation sites (N-methyl/N-ethyl adjacent to an activating group) is 1. The Morgan fingerprint density at radius 2 is 2.11 bits per heavy atom. The van der Waals surface area contributed by atoms with Gasteiger partial charge in [-0.3, -0.25) is 14.5 Å². The number of piperidine rings is 1. The molecule has 1 aliphatic rings. The molecule has 1 fully saturated rings. The molecule has 5 heteroatoms. The van der Waals surface area contributed by atoms with E-state index in [1.165, 1.54) is 0 Å².